The lowest BCUT2D eigenvalue weighted by Gasteiger charge is -2.55. The first kappa shape index (κ1) is 23.4. The number of benzene rings is 2. The number of hydrogen-bond donors (Lipinski definition) is 1. The van der Waals surface area contributed by atoms with Crippen LogP contribution in [0, 0.1) is 11.8 Å². The lowest BCUT2D eigenvalue weighted by Crippen LogP contribution is -2.58. The predicted octanol–water partition coefficient (Wildman–Crippen LogP) is 5.66. The highest BCUT2D eigenvalue weighted by Gasteiger charge is 2.49. The molecule has 1 saturated heterocycles. The standard InChI is InChI=1S/C32H37N3O/c1-22-30-19-26-11-12-27(18-28(26)32(22,2)15-17-35(30)21-24-8-9-24)31(36)33-16-14-23-10-13-29(34-20-23)25-6-4-3-5-7-25/h3-7,10-13,18,20,22,24,30H,8-9,14-17,19,21H2,1-2H3,(H,33,36)/t22-,30-,32-/m0/s1. The Labute approximate surface area is 215 Å². The molecule has 2 heterocycles. The van der Waals surface area contributed by atoms with E-state index in [0.29, 0.717) is 18.5 Å². The molecule has 4 heteroatoms. The molecule has 2 aliphatic carbocycles. The van der Waals surface area contributed by atoms with Gasteiger partial charge < -0.3 is 5.32 Å². The summed E-state index contributed by atoms with van der Waals surface area (Å²) in [5.41, 5.74) is 7.02. The van der Waals surface area contributed by atoms with Crippen LogP contribution in [0.1, 0.15) is 60.2 Å². The van der Waals surface area contributed by atoms with Crippen molar-refractivity contribution in [1.29, 1.82) is 0 Å². The van der Waals surface area contributed by atoms with Gasteiger partial charge in [-0.15, -0.1) is 0 Å². The first-order valence-electron chi connectivity index (χ1n) is 13.7. The zero-order valence-electron chi connectivity index (χ0n) is 21.5. The van der Waals surface area contributed by atoms with Crippen molar-refractivity contribution in [1.82, 2.24) is 15.2 Å². The first-order valence-corrected chi connectivity index (χ1v) is 13.7. The molecule has 3 atom stereocenters. The van der Waals surface area contributed by atoms with Gasteiger partial charge in [-0.25, -0.2) is 0 Å². The van der Waals surface area contributed by atoms with E-state index in [9.17, 15) is 4.79 Å². The molecular weight excluding hydrogens is 442 g/mol. The van der Waals surface area contributed by atoms with Gasteiger partial charge >= 0.3 is 0 Å². The van der Waals surface area contributed by atoms with Gasteiger partial charge in [0.1, 0.15) is 0 Å². The summed E-state index contributed by atoms with van der Waals surface area (Å²) in [6, 6.07) is 21.5. The molecule has 0 unspecified atom stereocenters. The van der Waals surface area contributed by atoms with Gasteiger partial charge in [0.15, 0.2) is 0 Å². The van der Waals surface area contributed by atoms with Crippen LogP contribution >= 0.6 is 0 Å². The Balaban J connectivity index is 1.10. The molecule has 1 saturated carbocycles. The minimum absolute atomic E-state index is 0.0243. The van der Waals surface area contributed by atoms with Gasteiger partial charge in [0.05, 0.1) is 5.69 Å². The number of pyridine rings is 1. The molecule has 36 heavy (non-hydrogen) atoms. The molecule has 1 N–H and O–H groups in total. The topological polar surface area (TPSA) is 45.2 Å². The lowest BCUT2D eigenvalue weighted by molar-refractivity contribution is 0.0284. The molecule has 2 fully saturated rings. The monoisotopic (exact) mass is 479 g/mol. The van der Waals surface area contributed by atoms with Crippen molar-refractivity contribution in [2.24, 2.45) is 11.8 Å². The fraction of sp³-hybridized carbons (Fsp3) is 0.438. The summed E-state index contributed by atoms with van der Waals surface area (Å²) >= 11 is 0. The van der Waals surface area contributed by atoms with Crippen molar-refractivity contribution in [3.63, 3.8) is 0 Å². The van der Waals surface area contributed by atoms with Crippen LogP contribution in [0.2, 0.25) is 0 Å². The summed E-state index contributed by atoms with van der Waals surface area (Å²) in [6.45, 7) is 7.95. The van der Waals surface area contributed by atoms with E-state index in [1.807, 2.05) is 30.5 Å². The van der Waals surface area contributed by atoms with Crippen LogP contribution in [0.15, 0.2) is 66.9 Å². The molecule has 3 aliphatic rings. The van der Waals surface area contributed by atoms with Gasteiger partial charge in [0.25, 0.3) is 5.91 Å². The van der Waals surface area contributed by atoms with Gasteiger partial charge in [-0.2, -0.15) is 0 Å². The van der Waals surface area contributed by atoms with Crippen LogP contribution in [0.4, 0.5) is 0 Å². The second-order valence-corrected chi connectivity index (χ2v) is 11.5. The predicted molar refractivity (Wildman–Crippen MR) is 145 cm³/mol. The number of aromatic nitrogens is 1. The van der Waals surface area contributed by atoms with Gasteiger partial charge in [0.2, 0.25) is 0 Å². The van der Waals surface area contributed by atoms with E-state index in [1.165, 1.54) is 43.5 Å². The SMILES string of the molecule is C[C@H]1[C@@H]2Cc3ccc(C(=O)NCCc4ccc(-c5ccccc5)nc4)cc3[C@@]1(C)CCN2CC1CC1. The minimum atomic E-state index is 0.0243. The summed E-state index contributed by atoms with van der Waals surface area (Å²) in [5.74, 6) is 1.57. The van der Waals surface area contributed by atoms with Crippen LogP contribution in [0.3, 0.4) is 0 Å². The lowest BCUT2D eigenvalue weighted by atomic mass is 9.59. The third kappa shape index (κ3) is 4.48. The molecule has 6 rings (SSSR count). The summed E-state index contributed by atoms with van der Waals surface area (Å²) in [4.78, 5) is 20.4. The third-order valence-electron chi connectivity index (χ3n) is 9.17. The maximum Gasteiger partial charge on any atom is 0.251 e. The number of nitrogens with one attached hydrogen (secondary N) is 1. The fourth-order valence-electron chi connectivity index (χ4n) is 6.48. The molecule has 0 radical (unpaired) electrons. The third-order valence-corrected chi connectivity index (χ3v) is 9.17. The van der Waals surface area contributed by atoms with Crippen LogP contribution in [-0.4, -0.2) is 41.5 Å². The molecule has 3 aromatic rings. The van der Waals surface area contributed by atoms with E-state index in [0.717, 1.165) is 41.1 Å². The largest absolute Gasteiger partial charge is 0.352 e. The number of amides is 1. The van der Waals surface area contributed by atoms with Gasteiger partial charge in [-0.3, -0.25) is 14.7 Å². The van der Waals surface area contributed by atoms with Gasteiger partial charge in [-0.1, -0.05) is 56.3 Å². The zero-order valence-corrected chi connectivity index (χ0v) is 21.5. The zero-order chi connectivity index (χ0) is 24.7. The number of nitrogens with zero attached hydrogens (tertiary/aromatic N) is 2. The van der Waals surface area contributed by atoms with Crippen LogP contribution in [0.5, 0.6) is 0 Å². The van der Waals surface area contributed by atoms with E-state index in [-0.39, 0.29) is 11.3 Å². The average Bonchev–Trinajstić information content (AvgIpc) is 3.73. The average molecular weight is 480 g/mol. The van der Waals surface area contributed by atoms with E-state index in [4.69, 9.17) is 0 Å². The molecule has 1 aromatic heterocycles. The van der Waals surface area contributed by atoms with Crippen LogP contribution in [-0.2, 0) is 18.3 Å². The fourth-order valence-corrected chi connectivity index (χ4v) is 6.48. The summed E-state index contributed by atoms with van der Waals surface area (Å²) in [6.07, 6.45) is 7.82. The first-order chi connectivity index (χ1) is 17.5. The van der Waals surface area contributed by atoms with Crippen molar-refractivity contribution in [3.05, 3.63) is 89.1 Å². The number of carbonyl (C=O) groups is 1. The molecular formula is C32H37N3O. The Bertz CT molecular complexity index is 1230. The summed E-state index contributed by atoms with van der Waals surface area (Å²) in [5, 5.41) is 3.14. The summed E-state index contributed by atoms with van der Waals surface area (Å²) < 4.78 is 0. The summed E-state index contributed by atoms with van der Waals surface area (Å²) in [7, 11) is 0. The number of likely N-dealkylation sites (tertiary alicyclic amines) is 1. The van der Waals surface area contributed by atoms with Crippen molar-refractivity contribution < 1.29 is 4.79 Å². The Morgan fingerprint density at radius 2 is 1.94 bits per heavy atom. The Morgan fingerprint density at radius 1 is 1.11 bits per heavy atom. The highest BCUT2D eigenvalue weighted by Crippen LogP contribution is 2.49. The van der Waals surface area contributed by atoms with Crippen molar-refractivity contribution in [3.8, 4) is 11.3 Å². The number of piperidine rings is 1. The molecule has 1 aliphatic heterocycles. The second kappa shape index (κ2) is 9.48. The number of carbonyl (C=O) groups excluding carboxylic acids is 1. The molecule has 2 bridgehead atoms. The van der Waals surface area contributed by atoms with E-state index < -0.39 is 0 Å². The maximum atomic E-state index is 13.1. The van der Waals surface area contributed by atoms with Gasteiger partial charge in [0, 0.05) is 36.5 Å². The van der Waals surface area contributed by atoms with Gasteiger partial charge in [-0.05, 0) is 90.8 Å². The van der Waals surface area contributed by atoms with Crippen LogP contribution < -0.4 is 5.32 Å². The molecule has 0 spiro atoms. The Hall–Kier alpha value is -2.98. The van der Waals surface area contributed by atoms with E-state index in [2.05, 4.69) is 65.4 Å². The second-order valence-electron chi connectivity index (χ2n) is 11.5. The highest BCUT2D eigenvalue weighted by atomic mass is 16.1. The normalized spacial score (nSPS) is 25.3. The van der Waals surface area contributed by atoms with Crippen molar-refractivity contribution >= 4 is 5.91 Å². The number of rotatable bonds is 7. The molecule has 4 nitrogen and oxygen atoms in total. The Kier molecular flexibility index (Phi) is 6.17. The highest BCUT2D eigenvalue weighted by molar-refractivity contribution is 5.94. The van der Waals surface area contributed by atoms with E-state index in [1.54, 1.807) is 0 Å². The number of fused-ring (bicyclic) bond motifs is 4. The van der Waals surface area contributed by atoms with E-state index >= 15 is 0 Å². The maximum absolute atomic E-state index is 13.1. The molecule has 186 valence electrons. The van der Waals surface area contributed by atoms with Crippen molar-refractivity contribution in [2.75, 3.05) is 19.6 Å². The Morgan fingerprint density at radius 3 is 2.69 bits per heavy atom. The molecule has 1 amide bonds. The van der Waals surface area contributed by atoms with Crippen LogP contribution in [0.25, 0.3) is 11.3 Å². The molecule has 2 aromatic carbocycles. The number of hydrogen-bond acceptors (Lipinski definition) is 3. The quantitative estimate of drug-likeness (QED) is 0.476. The minimum Gasteiger partial charge on any atom is -0.352 e. The smallest absolute Gasteiger partial charge is 0.251 e. The van der Waals surface area contributed by atoms with Crippen molar-refractivity contribution in [2.45, 2.75) is 57.4 Å².